The van der Waals surface area contributed by atoms with Gasteiger partial charge in [-0.1, -0.05) is 19.9 Å². The van der Waals surface area contributed by atoms with E-state index < -0.39 is 0 Å². The highest BCUT2D eigenvalue weighted by molar-refractivity contribution is 5.58. The summed E-state index contributed by atoms with van der Waals surface area (Å²) in [6.45, 7) is 6.90. The quantitative estimate of drug-likeness (QED) is 0.767. The Bertz CT molecular complexity index is 405. The Hall–Kier alpha value is -1.26. The van der Waals surface area contributed by atoms with Gasteiger partial charge in [0.2, 0.25) is 0 Å². The van der Waals surface area contributed by atoms with Crippen LogP contribution in [0.1, 0.15) is 19.4 Å². The molecule has 0 fully saturated rings. The van der Waals surface area contributed by atoms with Crippen molar-refractivity contribution in [2.45, 2.75) is 20.4 Å². The SMILES string of the molecule is COc1ccc(CN(C)C)cc1NCC(CN)C(C)C. The largest absolute Gasteiger partial charge is 0.495 e. The Labute approximate surface area is 123 Å². The smallest absolute Gasteiger partial charge is 0.141 e. The summed E-state index contributed by atoms with van der Waals surface area (Å²) >= 11 is 0. The summed E-state index contributed by atoms with van der Waals surface area (Å²) in [5, 5.41) is 3.49. The average molecular weight is 279 g/mol. The summed E-state index contributed by atoms with van der Waals surface area (Å²) in [5.41, 5.74) is 8.14. The number of hydrogen-bond acceptors (Lipinski definition) is 4. The maximum Gasteiger partial charge on any atom is 0.141 e. The third-order valence-electron chi connectivity index (χ3n) is 3.56. The lowest BCUT2D eigenvalue weighted by atomic mass is 9.96. The maximum atomic E-state index is 5.83. The number of ether oxygens (including phenoxy) is 1. The molecule has 1 aromatic carbocycles. The molecule has 4 heteroatoms. The number of methoxy groups -OCH3 is 1. The Morgan fingerprint density at radius 1 is 1.30 bits per heavy atom. The molecule has 0 radical (unpaired) electrons. The molecule has 0 aromatic heterocycles. The number of nitrogens with two attached hydrogens (primary N) is 1. The molecule has 1 unspecified atom stereocenters. The van der Waals surface area contributed by atoms with Gasteiger partial charge in [0.15, 0.2) is 0 Å². The summed E-state index contributed by atoms with van der Waals surface area (Å²) in [5.74, 6) is 1.92. The van der Waals surface area contributed by atoms with Gasteiger partial charge in [0, 0.05) is 13.1 Å². The van der Waals surface area contributed by atoms with Gasteiger partial charge in [0.25, 0.3) is 0 Å². The molecule has 1 atom stereocenters. The summed E-state index contributed by atoms with van der Waals surface area (Å²) in [4.78, 5) is 2.16. The van der Waals surface area contributed by atoms with Gasteiger partial charge in [-0.05, 0) is 50.2 Å². The molecule has 0 spiro atoms. The highest BCUT2D eigenvalue weighted by Crippen LogP contribution is 2.26. The van der Waals surface area contributed by atoms with Crippen LogP contribution in [0.3, 0.4) is 0 Å². The van der Waals surface area contributed by atoms with Crippen LogP contribution in [-0.2, 0) is 6.54 Å². The van der Waals surface area contributed by atoms with Crippen LogP contribution in [0, 0.1) is 11.8 Å². The fraction of sp³-hybridized carbons (Fsp3) is 0.625. The van der Waals surface area contributed by atoms with Gasteiger partial charge in [-0.25, -0.2) is 0 Å². The van der Waals surface area contributed by atoms with Crippen LogP contribution in [0.4, 0.5) is 5.69 Å². The fourth-order valence-corrected chi connectivity index (χ4v) is 2.19. The molecule has 4 nitrogen and oxygen atoms in total. The monoisotopic (exact) mass is 279 g/mol. The molecule has 114 valence electrons. The zero-order valence-corrected chi connectivity index (χ0v) is 13.4. The number of benzene rings is 1. The van der Waals surface area contributed by atoms with Gasteiger partial charge in [0.1, 0.15) is 5.75 Å². The molecule has 3 N–H and O–H groups in total. The van der Waals surface area contributed by atoms with Crippen molar-refractivity contribution in [3.05, 3.63) is 23.8 Å². The third-order valence-corrected chi connectivity index (χ3v) is 3.56. The Morgan fingerprint density at radius 3 is 2.50 bits per heavy atom. The van der Waals surface area contributed by atoms with Crippen LogP contribution in [-0.4, -0.2) is 39.2 Å². The number of hydrogen-bond donors (Lipinski definition) is 2. The minimum atomic E-state index is 0.470. The average Bonchev–Trinajstić information content (AvgIpc) is 2.38. The first-order valence-electron chi connectivity index (χ1n) is 7.23. The van der Waals surface area contributed by atoms with Crippen molar-refractivity contribution in [3.63, 3.8) is 0 Å². The van der Waals surface area contributed by atoms with E-state index in [9.17, 15) is 0 Å². The number of rotatable bonds is 8. The minimum absolute atomic E-state index is 0.470. The first-order valence-corrected chi connectivity index (χ1v) is 7.23. The van der Waals surface area contributed by atoms with E-state index in [0.29, 0.717) is 18.4 Å². The molecule has 1 rings (SSSR count). The van der Waals surface area contributed by atoms with Crippen molar-refractivity contribution in [1.82, 2.24) is 4.90 Å². The van der Waals surface area contributed by atoms with Crippen molar-refractivity contribution >= 4 is 5.69 Å². The predicted octanol–water partition coefficient (Wildman–Crippen LogP) is 2.40. The van der Waals surface area contributed by atoms with Crippen LogP contribution >= 0.6 is 0 Å². The van der Waals surface area contributed by atoms with Crippen LogP contribution in [0.2, 0.25) is 0 Å². The van der Waals surface area contributed by atoms with Crippen LogP contribution in [0.5, 0.6) is 5.75 Å². The van der Waals surface area contributed by atoms with Gasteiger partial charge in [-0.15, -0.1) is 0 Å². The molecule has 0 heterocycles. The first-order chi connectivity index (χ1) is 9.47. The van der Waals surface area contributed by atoms with Gasteiger partial charge < -0.3 is 20.7 Å². The van der Waals surface area contributed by atoms with E-state index >= 15 is 0 Å². The van der Waals surface area contributed by atoms with E-state index in [0.717, 1.165) is 24.5 Å². The van der Waals surface area contributed by atoms with Crippen molar-refractivity contribution in [1.29, 1.82) is 0 Å². The summed E-state index contributed by atoms with van der Waals surface area (Å²) in [7, 11) is 5.84. The molecule has 0 saturated carbocycles. The van der Waals surface area contributed by atoms with E-state index in [1.54, 1.807) is 7.11 Å². The van der Waals surface area contributed by atoms with Gasteiger partial charge in [-0.3, -0.25) is 0 Å². The second kappa shape index (κ2) is 8.12. The molecule has 20 heavy (non-hydrogen) atoms. The maximum absolute atomic E-state index is 5.83. The number of nitrogens with one attached hydrogen (secondary N) is 1. The van der Waals surface area contributed by atoms with Gasteiger partial charge in [-0.2, -0.15) is 0 Å². The Balaban J connectivity index is 2.80. The van der Waals surface area contributed by atoms with Crippen molar-refractivity contribution in [3.8, 4) is 5.75 Å². The minimum Gasteiger partial charge on any atom is -0.495 e. The van der Waals surface area contributed by atoms with Crippen LogP contribution in [0.25, 0.3) is 0 Å². The second-order valence-electron chi connectivity index (χ2n) is 5.89. The van der Waals surface area contributed by atoms with Crippen molar-refractivity contribution in [2.75, 3.05) is 39.6 Å². The Morgan fingerprint density at radius 2 is 2.00 bits per heavy atom. The third kappa shape index (κ3) is 5.02. The summed E-state index contributed by atoms with van der Waals surface area (Å²) in [6.07, 6.45) is 0. The first kappa shape index (κ1) is 16.8. The van der Waals surface area contributed by atoms with Crippen LogP contribution < -0.4 is 15.8 Å². The van der Waals surface area contributed by atoms with Crippen LogP contribution in [0.15, 0.2) is 18.2 Å². The fourth-order valence-electron chi connectivity index (χ4n) is 2.19. The number of nitrogens with zero attached hydrogens (tertiary/aromatic N) is 1. The normalized spacial score (nSPS) is 12.8. The summed E-state index contributed by atoms with van der Waals surface area (Å²) < 4.78 is 5.42. The molecule has 0 aliphatic rings. The lowest BCUT2D eigenvalue weighted by Crippen LogP contribution is -2.27. The lowest BCUT2D eigenvalue weighted by Gasteiger charge is -2.21. The standard InChI is InChI=1S/C16H29N3O/c1-12(2)14(9-17)10-18-15-8-13(11-19(3)4)6-7-16(15)20-5/h6-8,12,14,18H,9-11,17H2,1-5H3. The lowest BCUT2D eigenvalue weighted by molar-refractivity contribution is 0.398. The van der Waals surface area contributed by atoms with Crippen molar-refractivity contribution in [2.24, 2.45) is 17.6 Å². The molecule has 0 bridgehead atoms. The van der Waals surface area contributed by atoms with Crippen molar-refractivity contribution < 1.29 is 4.74 Å². The Kier molecular flexibility index (Phi) is 6.82. The highest BCUT2D eigenvalue weighted by atomic mass is 16.5. The van der Waals surface area contributed by atoms with E-state index in [4.69, 9.17) is 10.5 Å². The highest BCUT2D eigenvalue weighted by Gasteiger charge is 2.12. The topological polar surface area (TPSA) is 50.5 Å². The van der Waals surface area contributed by atoms with Gasteiger partial charge in [0.05, 0.1) is 12.8 Å². The zero-order valence-electron chi connectivity index (χ0n) is 13.4. The molecular weight excluding hydrogens is 250 g/mol. The van der Waals surface area contributed by atoms with E-state index in [-0.39, 0.29) is 0 Å². The molecule has 0 amide bonds. The van der Waals surface area contributed by atoms with E-state index in [1.165, 1.54) is 5.56 Å². The van der Waals surface area contributed by atoms with Gasteiger partial charge >= 0.3 is 0 Å². The summed E-state index contributed by atoms with van der Waals surface area (Å²) in [6, 6.07) is 6.29. The predicted molar refractivity (Wildman–Crippen MR) is 86.3 cm³/mol. The second-order valence-corrected chi connectivity index (χ2v) is 5.89. The number of anilines is 1. The molecule has 0 saturated heterocycles. The van der Waals surface area contributed by atoms with E-state index in [2.05, 4.69) is 50.3 Å². The molecule has 0 aliphatic heterocycles. The zero-order chi connectivity index (χ0) is 15.1. The molecule has 1 aromatic rings. The molecular formula is C16H29N3O. The molecule has 0 aliphatic carbocycles. The van der Waals surface area contributed by atoms with E-state index in [1.807, 2.05) is 6.07 Å².